The van der Waals surface area contributed by atoms with Gasteiger partial charge in [0, 0.05) is 7.26 Å². The lowest BCUT2D eigenvalue weighted by Crippen LogP contribution is -2.12. The normalized spacial score (nSPS) is 12.0. The third-order valence-corrected chi connectivity index (χ3v) is 9.99. The lowest BCUT2D eigenvalue weighted by Gasteiger charge is -2.28. The molecular formula is C19H45O4P2+. The summed E-state index contributed by atoms with van der Waals surface area (Å²) in [6, 6.07) is 0. The highest BCUT2D eigenvalue weighted by atomic mass is 31.2. The van der Waals surface area contributed by atoms with E-state index in [-0.39, 0.29) is 6.61 Å². The third-order valence-electron chi connectivity index (χ3n) is 4.41. The highest BCUT2D eigenvalue weighted by molar-refractivity contribution is 7.75. The minimum absolute atomic E-state index is 0.115. The van der Waals surface area contributed by atoms with Gasteiger partial charge in [-0.3, -0.25) is 4.52 Å². The van der Waals surface area contributed by atoms with Gasteiger partial charge < -0.3 is 9.79 Å². The molecule has 0 atom stereocenters. The number of unbranched alkanes of at least 4 members (excludes halogenated alkanes) is 4. The molecule has 0 aliphatic carbocycles. The summed E-state index contributed by atoms with van der Waals surface area (Å²) in [6.07, 6.45) is 18.6. The lowest BCUT2D eigenvalue weighted by atomic mass is 10.4. The van der Waals surface area contributed by atoms with Crippen LogP contribution in [0.15, 0.2) is 0 Å². The molecule has 0 amide bonds. The van der Waals surface area contributed by atoms with Gasteiger partial charge in [0.05, 0.1) is 31.3 Å². The molecule has 0 heterocycles. The Hall–Kier alpha value is 0.540. The van der Waals surface area contributed by atoms with Crippen LogP contribution < -0.4 is 0 Å². The molecule has 0 aromatic rings. The Kier molecular flexibility index (Phi) is 19.9. The van der Waals surface area contributed by atoms with E-state index in [1.807, 2.05) is 0 Å². The zero-order valence-electron chi connectivity index (χ0n) is 17.5. The number of hydrogen-bond donors (Lipinski definition) is 2. The Morgan fingerprint density at radius 2 is 1.00 bits per heavy atom. The van der Waals surface area contributed by atoms with Crippen molar-refractivity contribution in [1.29, 1.82) is 0 Å². The van der Waals surface area contributed by atoms with Crippen molar-refractivity contribution in [2.24, 2.45) is 0 Å². The predicted octanol–water partition coefficient (Wildman–Crippen LogP) is 6.71. The molecule has 0 aliphatic rings. The van der Waals surface area contributed by atoms with E-state index in [9.17, 15) is 4.57 Å². The van der Waals surface area contributed by atoms with Gasteiger partial charge in [-0.2, -0.15) is 0 Å². The van der Waals surface area contributed by atoms with Crippen LogP contribution in [0.25, 0.3) is 0 Å². The first-order valence-corrected chi connectivity index (χ1v) is 14.4. The van der Waals surface area contributed by atoms with E-state index >= 15 is 0 Å². The van der Waals surface area contributed by atoms with Crippen molar-refractivity contribution in [1.82, 2.24) is 0 Å². The Balaban J connectivity index is 0. The van der Waals surface area contributed by atoms with Crippen LogP contribution in [-0.4, -0.2) is 41.0 Å². The minimum atomic E-state index is -4.18. The first kappa shape index (κ1) is 27.8. The number of rotatable bonds is 15. The van der Waals surface area contributed by atoms with Crippen molar-refractivity contribution in [2.45, 2.75) is 92.4 Å². The summed E-state index contributed by atoms with van der Waals surface area (Å²) in [5.74, 6) is 0. The fraction of sp³-hybridized carbons (Fsp3) is 1.00. The molecule has 0 saturated carbocycles. The molecule has 0 radical (unpaired) electrons. The molecule has 25 heavy (non-hydrogen) atoms. The average molecular weight is 400 g/mol. The summed E-state index contributed by atoms with van der Waals surface area (Å²) in [6.45, 7) is 11.3. The quantitative estimate of drug-likeness (QED) is 0.300. The summed E-state index contributed by atoms with van der Waals surface area (Å²) >= 11 is 0. The number of phosphoric acid groups is 1. The molecule has 0 rings (SSSR count). The summed E-state index contributed by atoms with van der Waals surface area (Å²) in [7, 11) is -4.74. The molecule has 4 nitrogen and oxygen atoms in total. The van der Waals surface area contributed by atoms with E-state index in [0.717, 1.165) is 0 Å². The highest BCUT2D eigenvalue weighted by Crippen LogP contribution is 2.61. The van der Waals surface area contributed by atoms with Gasteiger partial charge in [0.15, 0.2) is 0 Å². The molecule has 2 N–H and O–H groups in total. The van der Waals surface area contributed by atoms with Crippen molar-refractivity contribution < 1.29 is 18.9 Å². The van der Waals surface area contributed by atoms with Gasteiger partial charge >= 0.3 is 7.82 Å². The standard InChI is InChI=1S/C16H36P.C3H9O4P/c1-5-9-13-17(14-10-6-2,15-11-7-3)16-12-8-4;1-2-3-7-8(4,5)6/h5-16H2,1-4H3;2-3H2,1H3,(H2,4,5,6)/q+1;. The van der Waals surface area contributed by atoms with Crippen LogP contribution in [0.1, 0.15) is 92.4 Å². The van der Waals surface area contributed by atoms with Gasteiger partial charge in [0.1, 0.15) is 0 Å². The van der Waals surface area contributed by atoms with Crippen molar-refractivity contribution >= 4 is 15.1 Å². The van der Waals surface area contributed by atoms with Gasteiger partial charge in [-0.05, 0) is 32.1 Å². The maximum Gasteiger partial charge on any atom is 0.469 e. The van der Waals surface area contributed by atoms with Crippen molar-refractivity contribution in [3.8, 4) is 0 Å². The molecule has 0 aromatic heterocycles. The second kappa shape index (κ2) is 17.9. The summed E-state index contributed by atoms with van der Waals surface area (Å²) in [5, 5.41) is 0. The van der Waals surface area contributed by atoms with Gasteiger partial charge in [-0.1, -0.05) is 60.3 Å². The largest absolute Gasteiger partial charge is 0.469 e. The van der Waals surface area contributed by atoms with Crippen molar-refractivity contribution in [3.63, 3.8) is 0 Å². The van der Waals surface area contributed by atoms with Crippen LogP contribution in [0.5, 0.6) is 0 Å². The Morgan fingerprint density at radius 1 is 0.680 bits per heavy atom. The molecule has 0 saturated heterocycles. The van der Waals surface area contributed by atoms with Gasteiger partial charge in [0.2, 0.25) is 0 Å². The molecule has 0 aliphatic heterocycles. The maximum absolute atomic E-state index is 9.86. The average Bonchev–Trinajstić information content (AvgIpc) is 2.58. The lowest BCUT2D eigenvalue weighted by molar-refractivity contribution is 0.197. The fourth-order valence-electron chi connectivity index (χ4n) is 2.86. The number of hydrogen-bond acceptors (Lipinski definition) is 2. The molecule has 6 heteroatoms. The van der Waals surface area contributed by atoms with Crippen LogP contribution in [-0.2, 0) is 9.09 Å². The van der Waals surface area contributed by atoms with Gasteiger partial charge in [0.25, 0.3) is 0 Å². The fourth-order valence-corrected chi connectivity index (χ4v) is 8.57. The van der Waals surface area contributed by atoms with Crippen LogP contribution in [0.3, 0.4) is 0 Å². The van der Waals surface area contributed by atoms with E-state index in [4.69, 9.17) is 9.79 Å². The van der Waals surface area contributed by atoms with E-state index in [0.29, 0.717) is 6.42 Å². The predicted molar refractivity (Wildman–Crippen MR) is 114 cm³/mol. The topological polar surface area (TPSA) is 66.8 Å². The Bertz CT molecular complexity index is 281. The molecule has 0 bridgehead atoms. The van der Waals surface area contributed by atoms with E-state index < -0.39 is 15.1 Å². The van der Waals surface area contributed by atoms with Crippen molar-refractivity contribution in [3.05, 3.63) is 0 Å². The highest BCUT2D eigenvalue weighted by Gasteiger charge is 2.34. The maximum atomic E-state index is 9.86. The first-order valence-electron chi connectivity index (χ1n) is 10.4. The van der Waals surface area contributed by atoms with Crippen LogP contribution in [0.2, 0.25) is 0 Å². The van der Waals surface area contributed by atoms with Gasteiger partial charge in [-0.15, -0.1) is 0 Å². The van der Waals surface area contributed by atoms with Crippen molar-refractivity contribution in [2.75, 3.05) is 31.3 Å². The molecule has 0 fully saturated rings. The monoisotopic (exact) mass is 399 g/mol. The smallest absolute Gasteiger partial charge is 0.303 e. The SMILES string of the molecule is CCCC[P+](CCCC)(CCCC)CCCC.CCCOP(=O)(O)O. The first-order chi connectivity index (χ1) is 11.8. The minimum Gasteiger partial charge on any atom is -0.303 e. The molecule has 0 unspecified atom stereocenters. The Morgan fingerprint density at radius 3 is 1.16 bits per heavy atom. The van der Waals surface area contributed by atoms with Gasteiger partial charge in [-0.25, -0.2) is 4.57 Å². The number of phosphoric ester groups is 1. The summed E-state index contributed by atoms with van der Waals surface area (Å²) < 4.78 is 13.9. The third kappa shape index (κ3) is 19.1. The molecule has 0 aromatic carbocycles. The Labute approximate surface area is 158 Å². The zero-order valence-corrected chi connectivity index (χ0v) is 19.3. The van der Waals surface area contributed by atoms with E-state index in [1.165, 1.54) is 51.4 Å². The molecule has 0 spiro atoms. The summed E-state index contributed by atoms with van der Waals surface area (Å²) in [4.78, 5) is 16.1. The van der Waals surface area contributed by atoms with E-state index in [2.05, 4.69) is 32.2 Å². The van der Waals surface area contributed by atoms with E-state index in [1.54, 1.807) is 31.6 Å². The molecular weight excluding hydrogens is 354 g/mol. The van der Waals surface area contributed by atoms with Crippen LogP contribution >= 0.6 is 15.1 Å². The molecule has 154 valence electrons. The zero-order chi connectivity index (χ0) is 19.6. The second-order valence-electron chi connectivity index (χ2n) is 6.97. The van der Waals surface area contributed by atoms with Crippen LogP contribution in [0.4, 0.5) is 0 Å². The van der Waals surface area contributed by atoms with Crippen LogP contribution in [0, 0.1) is 0 Å². The summed E-state index contributed by atoms with van der Waals surface area (Å²) in [5.41, 5.74) is 0. The second-order valence-corrected chi connectivity index (χ2v) is 12.7.